The lowest BCUT2D eigenvalue weighted by atomic mass is 10.0. The smallest absolute Gasteiger partial charge is 0.254 e. The van der Waals surface area contributed by atoms with Crippen molar-refractivity contribution in [2.45, 2.75) is 25.4 Å². The molecule has 5 heteroatoms. The van der Waals surface area contributed by atoms with Gasteiger partial charge in [-0.3, -0.25) is 4.79 Å². The summed E-state index contributed by atoms with van der Waals surface area (Å²) in [7, 11) is 0. The maximum Gasteiger partial charge on any atom is 0.254 e. The number of carbonyl (C=O) groups excluding carboxylic acids is 1. The summed E-state index contributed by atoms with van der Waals surface area (Å²) >= 11 is 0. The summed E-state index contributed by atoms with van der Waals surface area (Å²) in [5.41, 5.74) is 2.95. The molecule has 0 bridgehead atoms. The molecule has 25 heavy (non-hydrogen) atoms. The second kappa shape index (κ2) is 7.07. The van der Waals surface area contributed by atoms with Gasteiger partial charge in [-0.2, -0.15) is 0 Å². The number of rotatable bonds is 4. The Balaban J connectivity index is 1.40. The molecule has 1 saturated heterocycles. The average Bonchev–Trinajstić information content (AvgIpc) is 3.14. The molecule has 3 aromatic rings. The van der Waals surface area contributed by atoms with Gasteiger partial charge in [0.15, 0.2) is 0 Å². The normalized spacial score (nSPS) is 17.8. The molecule has 0 aliphatic carbocycles. The van der Waals surface area contributed by atoms with Crippen LogP contribution in [0.4, 0.5) is 0 Å². The first-order valence-electron chi connectivity index (χ1n) is 8.78. The second-order valence-electron chi connectivity index (χ2n) is 6.60. The van der Waals surface area contributed by atoms with E-state index in [9.17, 15) is 4.79 Å². The number of nitrogens with zero attached hydrogens (tertiary/aromatic N) is 3. The summed E-state index contributed by atoms with van der Waals surface area (Å²) in [5, 5.41) is 3.59. The summed E-state index contributed by atoms with van der Waals surface area (Å²) in [6.07, 6.45) is 7.56. The van der Waals surface area contributed by atoms with Crippen LogP contribution in [0.3, 0.4) is 0 Å². The number of hydrogen-bond donors (Lipinski definition) is 1. The number of benzene rings is 1. The number of hydrogen-bond acceptors (Lipinski definition) is 3. The molecule has 1 N–H and O–H groups in total. The van der Waals surface area contributed by atoms with Gasteiger partial charge in [-0.05, 0) is 30.5 Å². The van der Waals surface area contributed by atoms with E-state index >= 15 is 0 Å². The Bertz CT molecular complexity index is 858. The van der Waals surface area contributed by atoms with E-state index in [4.69, 9.17) is 0 Å². The van der Waals surface area contributed by atoms with Crippen molar-refractivity contribution in [1.82, 2.24) is 19.6 Å². The van der Waals surface area contributed by atoms with Gasteiger partial charge in [-0.1, -0.05) is 30.3 Å². The van der Waals surface area contributed by atoms with Crippen molar-refractivity contribution in [2.24, 2.45) is 0 Å². The van der Waals surface area contributed by atoms with Crippen LogP contribution in [0.15, 0.2) is 61.2 Å². The summed E-state index contributed by atoms with van der Waals surface area (Å²) < 4.78 is 1.91. The van der Waals surface area contributed by atoms with Crippen LogP contribution >= 0.6 is 0 Å². The van der Waals surface area contributed by atoms with E-state index in [0.29, 0.717) is 6.04 Å². The van der Waals surface area contributed by atoms with Crippen LogP contribution in [0.2, 0.25) is 0 Å². The zero-order valence-electron chi connectivity index (χ0n) is 14.1. The van der Waals surface area contributed by atoms with E-state index in [1.807, 2.05) is 33.7 Å². The van der Waals surface area contributed by atoms with Gasteiger partial charge in [0.2, 0.25) is 0 Å². The molecule has 1 aliphatic rings. The molecule has 0 spiro atoms. The van der Waals surface area contributed by atoms with E-state index in [1.54, 1.807) is 12.5 Å². The lowest BCUT2D eigenvalue weighted by Gasteiger charge is -2.33. The average molecular weight is 334 g/mol. The molecule has 3 heterocycles. The molecule has 128 valence electrons. The Labute approximate surface area is 147 Å². The van der Waals surface area contributed by atoms with Gasteiger partial charge in [0, 0.05) is 37.4 Å². The highest BCUT2D eigenvalue weighted by Gasteiger charge is 2.24. The third-order valence-corrected chi connectivity index (χ3v) is 4.81. The third-order valence-electron chi connectivity index (χ3n) is 4.81. The number of amides is 1. The van der Waals surface area contributed by atoms with Gasteiger partial charge in [0.1, 0.15) is 0 Å². The van der Waals surface area contributed by atoms with Gasteiger partial charge in [-0.15, -0.1) is 0 Å². The Morgan fingerprint density at radius 1 is 1.24 bits per heavy atom. The van der Waals surface area contributed by atoms with E-state index in [-0.39, 0.29) is 5.91 Å². The number of aromatic nitrogens is 2. The van der Waals surface area contributed by atoms with Gasteiger partial charge in [0.25, 0.3) is 5.91 Å². The van der Waals surface area contributed by atoms with Crippen molar-refractivity contribution in [3.63, 3.8) is 0 Å². The Kier molecular flexibility index (Phi) is 4.48. The molecule has 1 fully saturated rings. The van der Waals surface area contributed by atoms with Crippen LogP contribution < -0.4 is 5.32 Å². The third kappa shape index (κ3) is 3.56. The van der Waals surface area contributed by atoms with Gasteiger partial charge < -0.3 is 14.6 Å². The minimum Gasteiger partial charge on any atom is -0.337 e. The van der Waals surface area contributed by atoms with Crippen molar-refractivity contribution >= 4 is 11.4 Å². The molecular weight excluding hydrogens is 312 g/mol. The highest BCUT2D eigenvalue weighted by Crippen LogP contribution is 2.16. The fourth-order valence-corrected chi connectivity index (χ4v) is 3.42. The molecule has 1 atom stereocenters. The minimum atomic E-state index is 0.106. The first-order chi connectivity index (χ1) is 12.3. The van der Waals surface area contributed by atoms with E-state index in [1.165, 1.54) is 5.56 Å². The molecule has 5 nitrogen and oxygen atoms in total. The maximum absolute atomic E-state index is 12.9. The van der Waals surface area contributed by atoms with Crippen molar-refractivity contribution in [3.8, 4) is 0 Å². The van der Waals surface area contributed by atoms with Crippen LogP contribution in [-0.4, -0.2) is 39.3 Å². The maximum atomic E-state index is 12.9. The molecule has 1 aromatic carbocycles. The fourth-order valence-electron chi connectivity index (χ4n) is 3.42. The zero-order chi connectivity index (χ0) is 17.1. The van der Waals surface area contributed by atoms with E-state index in [0.717, 1.165) is 43.6 Å². The van der Waals surface area contributed by atoms with Crippen LogP contribution in [-0.2, 0) is 6.54 Å². The molecular formula is C20H22N4O. The Hall–Kier alpha value is -2.66. The van der Waals surface area contributed by atoms with Gasteiger partial charge >= 0.3 is 0 Å². The summed E-state index contributed by atoms with van der Waals surface area (Å²) in [6, 6.07) is 14.5. The van der Waals surface area contributed by atoms with E-state index < -0.39 is 0 Å². The predicted molar refractivity (Wildman–Crippen MR) is 97.4 cm³/mol. The first kappa shape index (κ1) is 15.8. The highest BCUT2D eigenvalue weighted by molar-refractivity contribution is 5.95. The van der Waals surface area contributed by atoms with Crippen LogP contribution in [0.5, 0.6) is 0 Å². The molecule has 0 saturated carbocycles. The van der Waals surface area contributed by atoms with E-state index in [2.05, 4.69) is 34.6 Å². The number of likely N-dealkylation sites (tertiary alicyclic amines) is 1. The largest absolute Gasteiger partial charge is 0.337 e. The summed E-state index contributed by atoms with van der Waals surface area (Å²) in [6.45, 7) is 2.43. The van der Waals surface area contributed by atoms with Crippen LogP contribution in [0.25, 0.3) is 5.52 Å². The summed E-state index contributed by atoms with van der Waals surface area (Å²) in [4.78, 5) is 18.9. The standard InChI is InChI=1S/C20H22N4O/c25-20(17-8-10-24-15-21-13-19(24)11-17)23-9-4-7-18(14-23)22-12-16-5-2-1-3-6-16/h1-3,5-6,8,10-11,13,15,18,22H,4,7,9,12,14H2. The number of pyridine rings is 1. The van der Waals surface area contributed by atoms with Crippen molar-refractivity contribution in [3.05, 3.63) is 72.3 Å². The Morgan fingerprint density at radius 3 is 3.00 bits per heavy atom. The SMILES string of the molecule is O=C(c1ccn2cncc2c1)N1CCCC(NCc2ccccc2)C1. The monoisotopic (exact) mass is 334 g/mol. The number of piperidine rings is 1. The molecule has 4 rings (SSSR count). The van der Waals surface area contributed by atoms with Crippen molar-refractivity contribution in [1.29, 1.82) is 0 Å². The quantitative estimate of drug-likeness (QED) is 0.798. The zero-order valence-corrected chi connectivity index (χ0v) is 14.1. The van der Waals surface area contributed by atoms with Gasteiger partial charge in [-0.25, -0.2) is 4.98 Å². The van der Waals surface area contributed by atoms with Crippen LogP contribution in [0, 0.1) is 0 Å². The fraction of sp³-hybridized carbons (Fsp3) is 0.300. The number of imidazole rings is 1. The Morgan fingerprint density at radius 2 is 2.12 bits per heavy atom. The van der Waals surface area contributed by atoms with Gasteiger partial charge in [0.05, 0.1) is 18.0 Å². The predicted octanol–water partition coefficient (Wildman–Crippen LogP) is 2.73. The lowest BCUT2D eigenvalue weighted by Crippen LogP contribution is -2.47. The molecule has 0 radical (unpaired) electrons. The second-order valence-corrected chi connectivity index (χ2v) is 6.60. The number of fused-ring (bicyclic) bond motifs is 1. The topological polar surface area (TPSA) is 49.6 Å². The number of nitrogens with one attached hydrogen (secondary N) is 1. The highest BCUT2D eigenvalue weighted by atomic mass is 16.2. The van der Waals surface area contributed by atoms with Crippen molar-refractivity contribution in [2.75, 3.05) is 13.1 Å². The molecule has 1 unspecified atom stereocenters. The molecule has 2 aromatic heterocycles. The molecule has 1 aliphatic heterocycles. The minimum absolute atomic E-state index is 0.106. The lowest BCUT2D eigenvalue weighted by molar-refractivity contribution is 0.0694. The van der Waals surface area contributed by atoms with Crippen LogP contribution in [0.1, 0.15) is 28.8 Å². The molecule has 1 amide bonds. The number of carbonyl (C=O) groups is 1. The first-order valence-corrected chi connectivity index (χ1v) is 8.78. The summed E-state index contributed by atoms with van der Waals surface area (Å²) in [5.74, 6) is 0.106. The van der Waals surface area contributed by atoms with Crippen molar-refractivity contribution < 1.29 is 4.79 Å².